The Morgan fingerprint density at radius 3 is 2.26 bits per heavy atom. The van der Waals surface area contributed by atoms with Gasteiger partial charge in [0.05, 0.1) is 0 Å². The summed E-state index contributed by atoms with van der Waals surface area (Å²) in [6, 6.07) is 5.53. The normalized spacial score (nSPS) is 14.3. The van der Waals surface area contributed by atoms with Crippen molar-refractivity contribution in [1.82, 2.24) is 0 Å². The van der Waals surface area contributed by atoms with Crippen LogP contribution in [0, 0.1) is 0 Å². The van der Waals surface area contributed by atoms with Crippen LogP contribution >= 0.6 is 0 Å². The fourth-order valence-corrected chi connectivity index (χ4v) is 2.57. The number of Topliss-reactive ketones (excluding diaryl/α,β-unsaturated/α-hetero) is 1. The van der Waals surface area contributed by atoms with Gasteiger partial charge in [0.25, 0.3) is 0 Å². The summed E-state index contributed by atoms with van der Waals surface area (Å²) in [5.41, 5.74) is 0.230. The lowest BCUT2D eigenvalue weighted by molar-refractivity contribution is -0.200. The number of benzene rings is 1. The topological polar surface area (TPSA) is 26.3 Å². The summed E-state index contributed by atoms with van der Waals surface area (Å²) in [5.74, 6) is -0.268. The average Bonchev–Trinajstić information content (AvgIpc) is 2.23. The third-order valence-electron chi connectivity index (χ3n) is 2.36. The van der Waals surface area contributed by atoms with E-state index in [2.05, 4.69) is 0 Å². The fraction of sp³-hybridized carbons (Fsp3) is 0.462. The highest BCUT2D eigenvalue weighted by molar-refractivity contribution is 6.69. The van der Waals surface area contributed by atoms with Crippen molar-refractivity contribution in [3.05, 3.63) is 35.4 Å². The number of rotatable bonds is 4. The number of halogens is 3. The van der Waals surface area contributed by atoms with Crippen molar-refractivity contribution >= 4 is 14.1 Å². The Kier molecular flexibility index (Phi) is 4.57. The molecule has 6 heteroatoms. The molecule has 0 bridgehead atoms. The molecule has 0 N–H and O–H groups in total. The van der Waals surface area contributed by atoms with E-state index in [1.807, 2.05) is 0 Å². The second-order valence-corrected chi connectivity index (χ2v) is 9.79. The standard InChI is InChI=1S/C13H17F3O2Si/c1-9(17)10-6-5-7-11(8-10)12(13(14,15)16)18-19(2,3)4/h5-8,12H,1-4H3. The van der Waals surface area contributed by atoms with Crippen LogP contribution in [-0.2, 0) is 4.43 Å². The molecule has 0 heterocycles. The summed E-state index contributed by atoms with van der Waals surface area (Å²) >= 11 is 0. The van der Waals surface area contributed by atoms with Crippen LogP contribution in [0.4, 0.5) is 13.2 Å². The third-order valence-corrected chi connectivity index (χ3v) is 3.31. The van der Waals surface area contributed by atoms with Gasteiger partial charge in [0.1, 0.15) is 0 Å². The molecule has 0 aliphatic rings. The van der Waals surface area contributed by atoms with Crippen LogP contribution in [0.25, 0.3) is 0 Å². The largest absolute Gasteiger partial charge is 0.417 e. The van der Waals surface area contributed by atoms with Crippen molar-refractivity contribution in [2.45, 2.75) is 38.8 Å². The highest BCUT2D eigenvalue weighted by Crippen LogP contribution is 2.38. The Morgan fingerprint density at radius 2 is 1.84 bits per heavy atom. The van der Waals surface area contributed by atoms with E-state index in [4.69, 9.17) is 4.43 Å². The SMILES string of the molecule is CC(=O)c1cccc(C(O[Si](C)(C)C)C(F)(F)F)c1. The molecule has 0 aromatic heterocycles. The minimum absolute atomic E-state index is 0.0253. The van der Waals surface area contributed by atoms with Crippen LogP contribution in [0.15, 0.2) is 24.3 Å². The molecule has 0 saturated heterocycles. The molecule has 19 heavy (non-hydrogen) atoms. The van der Waals surface area contributed by atoms with E-state index in [0.717, 1.165) is 0 Å². The highest BCUT2D eigenvalue weighted by Gasteiger charge is 2.44. The molecule has 0 amide bonds. The van der Waals surface area contributed by atoms with Gasteiger partial charge in [-0.05, 0) is 38.2 Å². The number of alkyl halides is 3. The molecule has 0 fully saturated rings. The maximum Gasteiger partial charge on any atom is 0.417 e. The van der Waals surface area contributed by atoms with Gasteiger partial charge in [0.15, 0.2) is 20.2 Å². The summed E-state index contributed by atoms with van der Waals surface area (Å²) in [6.07, 6.45) is -6.46. The number of hydrogen-bond donors (Lipinski definition) is 0. The van der Waals surface area contributed by atoms with Gasteiger partial charge in [0, 0.05) is 5.56 Å². The Bertz CT molecular complexity index is 464. The van der Waals surface area contributed by atoms with Gasteiger partial charge in [-0.1, -0.05) is 18.2 Å². The Morgan fingerprint density at radius 1 is 1.26 bits per heavy atom. The summed E-state index contributed by atoms with van der Waals surface area (Å²) in [6.45, 7) is 6.41. The first-order valence-electron chi connectivity index (χ1n) is 5.86. The lowest BCUT2D eigenvalue weighted by atomic mass is 10.0. The predicted molar refractivity (Wildman–Crippen MR) is 69.7 cm³/mol. The van der Waals surface area contributed by atoms with Gasteiger partial charge in [-0.2, -0.15) is 13.2 Å². The second kappa shape index (κ2) is 5.46. The van der Waals surface area contributed by atoms with Crippen molar-refractivity contribution < 1.29 is 22.4 Å². The maximum atomic E-state index is 13.1. The van der Waals surface area contributed by atoms with Crippen LogP contribution in [0.2, 0.25) is 19.6 Å². The number of hydrogen-bond acceptors (Lipinski definition) is 2. The number of ketones is 1. The molecular weight excluding hydrogens is 273 g/mol. The molecular formula is C13H17F3O2Si. The van der Waals surface area contributed by atoms with E-state index >= 15 is 0 Å². The van der Waals surface area contributed by atoms with Crippen molar-refractivity contribution in [1.29, 1.82) is 0 Å². The van der Waals surface area contributed by atoms with Crippen LogP contribution in [0.1, 0.15) is 28.9 Å². The summed E-state index contributed by atoms with van der Waals surface area (Å²) in [7, 11) is -2.36. The average molecular weight is 290 g/mol. The van der Waals surface area contributed by atoms with Gasteiger partial charge in [-0.25, -0.2) is 0 Å². The smallest absolute Gasteiger partial charge is 0.403 e. The van der Waals surface area contributed by atoms with E-state index in [1.165, 1.54) is 31.2 Å². The summed E-state index contributed by atoms with van der Waals surface area (Å²) in [5, 5.41) is 0. The Balaban J connectivity index is 3.18. The van der Waals surface area contributed by atoms with Gasteiger partial charge in [-0.15, -0.1) is 0 Å². The molecule has 0 aliphatic heterocycles. The summed E-state index contributed by atoms with van der Waals surface area (Å²) < 4.78 is 44.5. The van der Waals surface area contributed by atoms with Gasteiger partial charge in [0.2, 0.25) is 0 Å². The fourth-order valence-electron chi connectivity index (χ4n) is 1.60. The quantitative estimate of drug-likeness (QED) is 0.609. The first-order valence-corrected chi connectivity index (χ1v) is 9.27. The van der Waals surface area contributed by atoms with E-state index in [1.54, 1.807) is 19.6 Å². The van der Waals surface area contributed by atoms with Crippen molar-refractivity contribution in [2.24, 2.45) is 0 Å². The molecule has 0 saturated carbocycles. The minimum atomic E-state index is -4.49. The monoisotopic (exact) mass is 290 g/mol. The molecule has 1 unspecified atom stereocenters. The molecule has 1 aromatic carbocycles. The molecule has 1 aromatic rings. The van der Waals surface area contributed by atoms with Gasteiger partial charge >= 0.3 is 6.18 Å². The van der Waals surface area contributed by atoms with Gasteiger partial charge in [-0.3, -0.25) is 4.79 Å². The van der Waals surface area contributed by atoms with E-state index in [-0.39, 0.29) is 16.9 Å². The zero-order chi connectivity index (χ0) is 14.8. The first kappa shape index (κ1) is 15.9. The lowest BCUT2D eigenvalue weighted by Gasteiger charge is -2.28. The molecule has 2 nitrogen and oxygen atoms in total. The first-order chi connectivity index (χ1) is 8.50. The van der Waals surface area contributed by atoms with E-state index < -0.39 is 20.6 Å². The molecule has 0 spiro atoms. The summed E-state index contributed by atoms with van der Waals surface area (Å²) in [4.78, 5) is 11.2. The maximum absolute atomic E-state index is 13.1. The van der Waals surface area contributed by atoms with E-state index in [0.29, 0.717) is 0 Å². The van der Waals surface area contributed by atoms with Crippen LogP contribution in [-0.4, -0.2) is 20.3 Å². The van der Waals surface area contributed by atoms with Crippen molar-refractivity contribution in [2.75, 3.05) is 0 Å². The third kappa shape index (κ3) is 4.79. The number of carbonyl (C=O) groups excluding carboxylic acids is 1. The van der Waals surface area contributed by atoms with Crippen molar-refractivity contribution in [3.8, 4) is 0 Å². The van der Waals surface area contributed by atoms with Crippen LogP contribution < -0.4 is 0 Å². The van der Waals surface area contributed by atoms with Gasteiger partial charge < -0.3 is 4.43 Å². The van der Waals surface area contributed by atoms with Crippen LogP contribution in [0.3, 0.4) is 0 Å². The molecule has 0 aliphatic carbocycles. The Labute approximate surface area is 111 Å². The Hall–Kier alpha value is -1.14. The minimum Gasteiger partial charge on any atom is -0.403 e. The number of carbonyl (C=O) groups is 1. The highest BCUT2D eigenvalue weighted by atomic mass is 28.4. The second-order valence-electron chi connectivity index (χ2n) is 5.33. The van der Waals surface area contributed by atoms with E-state index in [9.17, 15) is 18.0 Å². The molecule has 0 radical (unpaired) electrons. The molecule has 1 atom stereocenters. The molecule has 106 valence electrons. The zero-order valence-corrected chi connectivity index (χ0v) is 12.3. The zero-order valence-electron chi connectivity index (χ0n) is 11.3. The van der Waals surface area contributed by atoms with Crippen LogP contribution in [0.5, 0.6) is 0 Å². The predicted octanol–water partition coefficient (Wildman–Crippen LogP) is 4.34. The van der Waals surface area contributed by atoms with Crippen molar-refractivity contribution in [3.63, 3.8) is 0 Å². The lowest BCUT2D eigenvalue weighted by Crippen LogP contribution is -2.35. The molecule has 1 rings (SSSR count).